The van der Waals surface area contributed by atoms with E-state index >= 15 is 0 Å². The molecule has 0 heterocycles. The molecule has 0 fully saturated rings. The fourth-order valence-electron chi connectivity index (χ4n) is 2.50. The van der Waals surface area contributed by atoms with Crippen LogP contribution >= 0.6 is 0 Å². The highest BCUT2D eigenvalue weighted by atomic mass is 16.7. The Balaban J connectivity index is 1.80. The van der Waals surface area contributed by atoms with E-state index in [1.807, 2.05) is 42.5 Å². The van der Waals surface area contributed by atoms with Crippen molar-refractivity contribution in [2.24, 2.45) is 0 Å². The molecule has 0 N–H and O–H groups in total. The number of ether oxygens (including phenoxy) is 2. The average Bonchev–Trinajstić information content (AvgIpc) is 2.59. The summed E-state index contributed by atoms with van der Waals surface area (Å²) in [7, 11) is 0. The number of anilines is 1. The number of likely N-dealkylation sites (N-methyl/N-ethyl adjacent to an activating group) is 1. The molecular weight excluding hydrogens is 314 g/mol. The highest BCUT2D eigenvalue weighted by Crippen LogP contribution is 2.24. The monoisotopic (exact) mass is 341 g/mol. The summed E-state index contributed by atoms with van der Waals surface area (Å²) in [5, 5.41) is 0. The molecule has 0 bridgehead atoms. The molecule has 0 spiro atoms. The van der Waals surface area contributed by atoms with Gasteiger partial charge in [0.25, 0.3) is 0 Å². The lowest BCUT2D eigenvalue weighted by Gasteiger charge is -2.22. The zero-order chi connectivity index (χ0) is 18.3. The van der Waals surface area contributed by atoms with Crippen LogP contribution in [0.25, 0.3) is 0 Å². The Morgan fingerprint density at radius 2 is 1.64 bits per heavy atom. The minimum atomic E-state index is -0.673. The van der Waals surface area contributed by atoms with Gasteiger partial charge in [0.2, 0.25) is 0 Å². The maximum absolute atomic E-state index is 11.8. The molecule has 0 aromatic heterocycles. The molecule has 0 atom stereocenters. The average molecular weight is 341 g/mol. The summed E-state index contributed by atoms with van der Waals surface area (Å²) in [5.74, 6) is 0.494. The molecule has 0 aliphatic rings. The van der Waals surface area contributed by atoms with Gasteiger partial charge in [0.1, 0.15) is 12.4 Å². The van der Waals surface area contributed by atoms with Crippen LogP contribution in [0.4, 0.5) is 10.5 Å². The molecule has 0 saturated heterocycles. The van der Waals surface area contributed by atoms with E-state index in [-0.39, 0.29) is 12.0 Å². The molecular formula is C21H27NO3. The molecule has 2 aromatic rings. The summed E-state index contributed by atoms with van der Waals surface area (Å²) in [5.41, 5.74) is 2.37. The zero-order valence-electron chi connectivity index (χ0n) is 15.5. The fourth-order valence-corrected chi connectivity index (χ4v) is 2.50. The van der Waals surface area contributed by atoms with Crippen molar-refractivity contribution in [1.82, 2.24) is 0 Å². The van der Waals surface area contributed by atoms with Crippen LogP contribution in [0.2, 0.25) is 0 Å². The smallest absolute Gasteiger partial charge is 0.432 e. The van der Waals surface area contributed by atoms with Crippen molar-refractivity contribution in [2.75, 3.05) is 24.6 Å². The summed E-state index contributed by atoms with van der Waals surface area (Å²) in [6.45, 7) is 10.2. The highest BCUT2D eigenvalue weighted by Gasteiger charge is 2.14. The lowest BCUT2D eigenvalue weighted by molar-refractivity contribution is 0.101. The van der Waals surface area contributed by atoms with Gasteiger partial charge in [0.05, 0.1) is 6.54 Å². The molecule has 134 valence electrons. The number of carbonyl (C=O) groups is 1. The quantitative estimate of drug-likeness (QED) is 0.546. The molecule has 2 aromatic carbocycles. The molecule has 0 radical (unpaired) electrons. The van der Waals surface area contributed by atoms with Gasteiger partial charge in [-0.2, -0.15) is 0 Å². The van der Waals surface area contributed by atoms with Crippen LogP contribution in [0.1, 0.15) is 33.3 Å². The topological polar surface area (TPSA) is 38.8 Å². The summed E-state index contributed by atoms with van der Waals surface area (Å²) < 4.78 is 10.4. The minimum Gasteiger partial charge on any atom is -0.432 e. The summed E-state index contributed by atoms with van der Waals surface area (Å²) in [6.07, 6.45) is -0.673. The Kier molecular flexibility index (Phi) is 6.45. The molecule has 0 unspecified atom stereocenters. The van der Waals surface area contributed by atoms with Crippen molar-refractivity contribution in [3.05, 3.63) is 60.2 Å². The van der Waals surface area contributed by atoms with E-state index in [1.54, 1.807) is 12.1 Å². The first kappa shape index (κ1) is 18.8. The SMILES string of the molecule is CCN(CCOC(=O)Oc1ccc(C(C)(C)C)cc1)c1ccccc1. The van der Waals surface area contributed by atoms with Crippen molar-refractivity contribution in [2.45, 2.75) is 33.1 Å². The van der Waals surface area contributed by atoms with E-state index < -0.39 is 6.16 Å². The Morgan fingerprint density at radius 1 is 1.00 bits per heavy atom. The summed E-state index contributed by atoms with van der Waals surface area (Å²) in [4.78, 5) is 14.0. The first-order chi connectivity index (χ1) is 11.9. The number of nitrogens with zero attached hydrogens (tertiary/aromatic N) is 1. The second kappa shape index (κ2) is 8.56. The maximum atomic E-state index is 11.8. The molecule has 0 amide bonds. The first-order valence-electron chi connectivity index (χ1n) is 8.65. The molecule has 0 aliphatic heterocycles. The van der Waals surface area contributed by atoms with Crippen molar-refractivity contribution in [3.63, 3.8) is 0 Å². The van der Waals surface area contributed by atoms with Crippen LogP contribution in [0.15, 0.2) is 54.6 Å². The predicted octanol–water partition coefficient (Wildman–Crippen LogP) is 5.03. The number of carbonyl (C=O) groups excluding carboxylic acids is 1. The molecule has 4 nitrogen and oxygen atoms in total. The number of para-hydroxylation sites is 1. The van der Waals surface area contributed by atoms with Crippen molar-refractivity contribution in [1.29, 1.82) is 0 Å². The highest BCUT2D eigenvalue weighted by molar-refractivity contribution is 5.63. The third-order valence-electron chi connectivity index (χ3n) is 4.01. The van der Waals surface area contributed by atoms with Crippen LogP contribution in [0, 0.1) is 0 Å². The van der Waals surface area contributed by atoms with Crippen LogP contribution < -0.4 is 9.64 Å². The Morgan fingerprint density at radius 3 is 2.20 bits per heavy atom. The van der Waals surface area contributed by atoms with Crippen molar-refractivity contribution >= 4 is 11.8 Å². The third kappa shape index (κ3) is 5.82. The van der Waals surface area contributed by atoms with E-state index in [0.717, 1.165) is 12.2 Å². The number of hydrogen-bond donors (Lipinski definition) is 0. The van der Waals surface area contributed by atoms with Gasteiger partial charge in [-0.25, -0.2) is 4.79 Å². The van der Waals surface area contributed by atoms with Crippen LogP contribution in [-0.4, -0.2) is 25.9 Å². The standard InChI is InChI=1S/C21H27NO3/c1-5-22(18-9-7-6-8-10-18)15-16-24-20(23)25-19-13-11-17(12-14-19)21(2,3)4/h6-14H,5,15-16H2,1-4H3. The van der Waals surface area contributed by atoms with E-state index in [4.69, 9.17) is 9.47 Å². The van der Waals surface area contributed by atoms with Crippen molar-refractivity contribution in [3.8, 4) is 5.75 Å². The van der Waals surface area contributed by atoms with Crippen molar-refractivity contribution < 1.29 is 14.3 Å². The predicted molar refractivity (Wildman–Crippen MR) is 101 cm³/mol. The maximum Gasteiger partial charge on any atom is 0.513 e. The number of benzene rings is 2. The van der Waals surface area contributed by atoms with E-state index in [0.29, 0.717) is 12.3 Å². The van der Waals surface area contributed by atoms with Gasteiger partial charge in [-0.05, 0) is 42.2 Å². The largest absolute Gasteiger partial charge is 0.513 e. The zero-order valence-corrected chi connectivity index (χ0v) is 15.5. The Bertz CT molecular complexity index is 660. The van der Waals surface area contributed by atoms with Crippen LogP contribution in [-0.2, 0) is 10.2 Å². The Labute approximate surface area is 150 Å². The fraction of sp³-hybridized carbons (Fsp3) is 0.381. The van der Waals surface area contributed by atoms with Gasteiger partial charge in [-0.1, -0.05) is 51.1 Å². The van der Waals surface area contributed by atoms with E-state index in [2.05, 4.69) is 32.6 Å². The first-order valence-corrected chi connectivity index (χ1v) is 8.65. The van der Waals surface area contributed by atoms with Gasteiger partial charge < -0.3 is 14.4 Å². The second-order valence-electron chi connectivity index (χ2n) is 6.89. The van der Waals surface area contributed by atoms with Gasteiger partial charge >= 0.3 is 6.16 Å². The van der Waals surface area contributed by atoms with E-state index in [9.17, 15) is 4.79 Å². The lowest BCUT2D eigenvalue weighted by atomic mass is 9.87. The Hall–Kier alpha value is -2.49. The van der Waals surface area contributed by atoms with Gasteiger partial charge in [0.15, 0.2) is 0 Å². The number of rotatable bonds is 6. The van der Waals surface area contributed by atoms with Gasteiger partial charge in [-0.15, -0.1) is 0 Å². The summed E-state index contributed by atoms with van der Waals surface area (Å²) >= 11 is 0. The third-order valence-corrected chi connectivity index (χ3v) is 4.01. The molecule has 4 heteroatoms. The minimum absolute atomic E-state index is 0.0695. The normalized spacial score (nSPS) is 11.0. The van der Waals surface area contributed by atoms with Crippen LogP contribution in [0.5, 0.6) is 5.75 Å². The molecule has 0 aliphatic carbocycles. The van der Waals surface area contributed by atoms with Gasteiger partial charge in [-0.3, -0.25) is 0 Å². The van der Waals surface area contributed by atoms with Gasteiger partial charge in [0, 0.05) is 12.2 Å². The molecule has 25 heavy (non-hydrogen) atoms. The number of hydrogen-bond acceptors (Lipinski definition) is 4. The second-order valence-corrected chi connectivity index (χ2v) is 6.89. The molecule has 2 rings (SSSR count). The van der Waals surface area contributed by atoms with Crippen LogP contribution in [0.3, 0.4) is 0 Å². The summed E-state index contributed by atoms with van der Waals surface area (Å²) in [6, 6.07) is 17.6. The van der Waals surface area contributed by atoms with E-state index in [1.165, 1.54) is 5.56 Å². The lowest BCUT2D eigenvalue weighted by Crippen LogP contribution is -2.28. The molecule has 0 saturated carbocycles.